The van der Waals surface area contributed by atoms with E-state index in [1.807, 2.05) is 6.92 Å². The quantitative estimate of drug-likeness (QED) is 0.148. The van der Waals surface area contributed by atoms with Gasteiger partial charge in [-0.05, 0) is 26.7 Å². The highest BCUT2D eigenvalue weighted by atomic mass is 16.7. The molecule has 0 bridgehead atoms. The number of carboxylic acid groups (broad SMARTS) is 1. The summed E-state index contributed by atoms with van der Waals surface area (Å²) in [4.78, 5) is 11.1. The molecular weight excluding hydrogens is 396 g/mol. The normalized spacial score (nSPS) is 10.8. The maximum absolute atomic E-state index is 11.1. The maximum atomic E-state index is 11.1. The number of phenols is 1. The molecule has 6 heteroatoms. The summed E-state index contributed by atoms with van der Waals surface area (Å²) in [5.74, 6) is 0.260. The van der Waals surface area contributed by atoms with E-state index in [2.05, 4.69) is 13.8 Å². The minimum atomic E-state index is -1.47. The first-order valence-electron chi connectivity index (χ1n) is 12.0. The molecule has 0 saturated carbocycles. The summed E-state index contributed by atoms with van der Waals surface area (Å²) in [5.41, 5.74) is 1.25. The van der Waals surface area contributed by atoms with Crippen LogP contribution < -0.4 is 14.2 Å². The van der Waals surface area contributed by atoms with Crippen LogP contribution in [0.1, 0.15) is 102 Å². The summed E-state index contributed by atoms with van der Waals surface area (Å²) < 4.78 is 16.7. The topological polar surface area (TPSA) is 85.2 Å². The molecule has 0 aromatic heterocycles. The Balaban J connectivity index is 2.83. The number of aromatic hydroxyl groups is 1. The van der Waals surface area contributed by atoms with Crippen LogP contribution in [0.3, 0.4) is 0 Å². The van der Waals surface area contributed by atoms with Crippen molar-refractivity contribution in [2.75, 3.05) is 13.2 Å². The summed E-state index contributed by atoms with van der Waals surface area (Å²) >= 11 is 0. The van der Waals surface area contributed by atoms with Crippen LogP contribution in [0.15, 0.2) is 0 Å². The van der Waals surface area contributed by atoms with Gasteiger partial charge in [0.05, 0.1) is 13.2 Å². The molecule has 0 spiro atoms. The fourth-order valence-corrected chi connectivity index (χ4v) is 3.53. The van der Waals surface area contributed by atoms with Crippen molar-refractivity contribution in [3.05, 3.63) is 11.1 Å². The van der Waals surface area contributed by atoms with E-state index in [1.165, 1.54) is 44.9 Å². The molecule has 2 N–H and O–H groups in total. The third-order valence-corrected chi connectivity index (χ3v) is 5.56. The Bertz CT molecular complexity index is 656. The Labute approximate surface area is 187 Å². The summed E-state index contributed by atoms with van der Waals surface area (Å²) in [5, 5.41) is 19.7. The number of phenolic OH excluding ortho intramolecular Hbond substituents is 1. The molecule has 0 radical (unpaired) electrons. The van der Waals surface area contributed by atoms with E-state index < -0.39 is 6.16 Å². The van der Waals surface area contributed by atoms with Crippen LogP contribution in [0.5, 0.6) is 23.0 Å². The minimum Gasteiger partial charge on any atom is -0.502 e. The van der Waals surface area contributed by atoms with E-state index in [0.717, 1.165) is 37.7 Å². The molecule has 0 saturated heterocycles. The third-order valence-electron chi connectivity index (χ3n) is 5.56. The largest absolute Gasteiger partial charge is 0.511 e. The molecule has 178 valence electrons. The highest BCUT2D eigenvalue weighted by Crippen LogP contribution is 2.49. The molecule has 6 nitrogen and oxygen atoms in total. The number of benzene rings is 1. The first kappa shape index (κ1) is 26.9. The van der Waals surface area contributed by atoms with Crippen molar-refractivity contribution in [3.8, 4) is 23.0 Å². The average molecular weight is 439 g/mol. The van der Waals surface area contributed by atoms with E-state index in [-0.39, 0.29) is 17.2 Å². The number of ether oxygens (including phenoxy) is 3. The van der Waals surface area contributed by atoms with Crippen LogP contribution in [-0.2, 0) is 0 Å². The SMILES string of the molecule is CCCCCCCCOc1c(C)c(C)c(OC(=O)O)c(O)c1OCCCCCCCC. The van der Waals surface area contributed by atoms with E-state index in [0.29, 0.717) is 24.5 Å². The van der Waals surface area contributed by atoms with Crippen LogP contribution in [-0.4, -0.2) is 29.6 Å². The van der Waals surface area contributed by atoms with Crippen molar-refractivity contribution in [3.63, 3.8) is 0 Å². The Hall–Kier alpha value is -2.11. The van der Waals surface area contributed by atoms with Crippen LogP contribution in [0.25, 0.3) is 0 Å². The van der Waals surface area contributed by atoms with Crippen LogP contribution in [0, 0.1) is 13.8 Å². The molecular formula is C25H42O6. The van der Waals surface area contributed by atoms with Crippen LogP contribution >= 0.6 is 0 Å². The Morgan fingerprint density at radius 2 is 1.10 bits per heavy atom. The van der Waals surface area contributed by atoms with Crippen molar-refractivity contribution >= 4 is 6.16 Å². The van der Waals surface area contributed by atoms with E-state index in [9.17, 15) is 9.90 Å². The minimum absolute atomic E-state index is 0.0881. The standard InChI is InChI=1S/C25H42O6/c1-5-7-9-11-13-15-17-29-23-20(4)19(3)22(31-25(27)28)21(26)24(23)30-18-16-14-12-10-8-6-2/h26H,5-18H2,1-4H3,(H,27,28). The summed E-state index contributed by atoms with van der Waals surface area (Å²) in [6.07, 6.45) is 12.2. The van der Waals surface area contributed by atoms with Gasteiger partial charge in [0.1, 0.15) is 0 Å². The van der Waals surface area contributed by atoms with Gasteiger partial charge in [0.25, 0.3) is 0 Å². The lowest BCUT2D eigenvalue weighted by Crippen LogP contribution is -2.09. The van der Waals surface area contributed by atoms with E-state index in [4.69, 9.17) is 19.3 Å². The fraction of sp³-hybridized carbons (Fsp3) is 0.720. The van der Waals surface area contributed by atoms with Crippen molar-refractivity contribution in [1.82, 2.24) is 0 Å². The van der Waals surface area contributed by atoms with Crippen molar-refractivity contribution in [2.24, 2.45) is 0 Å². The zero-order valence-corrected chi connectivity index (χ0v) is 19.9. The summed E-state index contributed by atoms with van der Waals surface area (Å²) in [7, 11) is 0. The molecule has 1 rings (SSSR count). The molecule has 0 aliphatic carbocycles. The van der Waals surface area contributed by atoms with Gasteiger partial charge in [-0.15, -0.1) is 0 Å². The first-order valence-corrected chi connectivity index (χ1v) is 12.0. The van der Waals surface area contributed by atoms with Crippen LogP contribution in [0.2, 0.25) is 0 Å². The molecule has 0 fully saturated rings. The van der Waals surface area contributed by atoms with Gasteiger partial charge < -0.3 is 24.4 Å². The number of hydrogen-bond donors (Lipinski definition) is 2. The number of hydrogen-bond acceptors (Lipinski definition) is 5. The summed E-state index contributed by atoms with van der Waals surface area (Å²) in [6, 6.07) is 0. The molecule has 0 heterocycles. The highest BCUT2D eigenvalue weighted by molar-refractivity contribution is 5.71. The number of rotatable bonds is 17. The van der Waals surface area contributed by atoms with Crippen molar-refractivity contribution < 1.29 is 29.2 Å². The van der Waals surface area contributed by atoms with E-state index in [1.54, 1.807) is 6.92 Å². The van der Waals surface area contributed by atoms with Gasteiger partial charge in [0, 0.05) is 11.1 Å². The second-order valence-corrected chi connectivity index (χ2v) is 8.19. The van der Waals surface area contributed by atoms with Gasteiger partial charge in [-0.2, -0.15) is 0 Å². The van der Waals surface area contributed by atoms with Gasteiger partial charge in [-0.3, -0.25) is 0 Å². The zero-order valence-electron chi connectivity index (χ0n) is 19.9. The summed E-state index contributed by atoms with van der Waals surface area (Å²) in [6.45, 7) is 8.89. The molecule has 1 aromatic rings. The van der Waals surface area contributed by atoms with Crippen molar-refractivity contribution in [2.45, 2.75) is 105 Å². The molecule has 0 unspecified atom stereocenters. The van der Waals surface area contributed by atoms with Gasteiger partial charge in [-0.25, -0.2) is 4.79 Å². The lowest BCUT2D eigenvalue weighted by Gasteiger charge is -2.20. The second kappa shape index (κ2) is 15.7. The molecule has 0 aliphatic heterocycles. The number of unbranched alkanes of at least 4 members (excludes halogenated alkanes) is 10. The predicted molar refractivity (Wildman–Crippen MR) is 124 cm³/mol. The predicted octanol–water partition coefficient (Wildman–Crippen LogP) is 7.54. The van der Waals surface area contributed by atoms with Crippen molar-refractivity contribution in [1.29, 1.82) is 0 Å². The number of carbonyl (C=O) groups is 1. The fourth-order valence-electron chi connectivity index (χ4n) is 3.53. The first-order chi connectivity index (χ1) is 14.9. The zero-order chi connectivity index (χ0) is 23.1. The maximum Gasteiger partial charge on any atom is 0.511 e. The van der Waals surface area contributed by atoms with Gasteiger partial charge in [0.2, 0.25) is 11.5 Å². The Morgan fingerprint density at radius 1 is 0.677 bits per heavy atom. The highest BCUT2D eigenvalue weighted by Gasteiger charge is 2.25. The Kier molecular flexibility index (Phi) is 13.6. The van der Waals surface area contributed by atoms with Crippen LogP contribution in [0.4, 0.5) is 4.79 Å². The van der Waals surface area contributed by atoms with Gasteiger partial charge in [-0.1, -0.05) is 78.1 Å². The van der Waals surface area contributed by atoms with Gasteiger partial charge >= 0.3 is 6.16 Å². The van der Waals surface area contributed by atoms with E-state index >= 15 is 0 Å². The third kappa shape index (κ3) is 9.70. The monoisotopic (exact) mass is 438 g/mol. The lowest BCUT2D eigenvalue weighted by molar-refractivity contribution is 0.141. The smallest absolute Gasteiger partial charge is 0.502 e. The lowest BCUT2D eigenvalue weighted by atomic mass is 10.1. The Morgan fingerprint density at radius 3 is 1.58 bits per heavy atom. The molecule has 0 aliphatic rings. The molecule has 1 aromatic carbocycles. The average Bonchev–Trinajstić information content (AvgIpc) is 2.74. The molecule has 0 amide bonds. The molecule has 0 atom stereocenters. The second-order valence-electron chi connectivity index (χ2n) is 8.19. The molecule has 31 heavy (non-hydrogen) atoms. The van der Waals surface area contributed by atoms with Gasteiger partial charge in [0.15, 0.2) is 11.5 Å².